The lowest BCUT2D eigenvalue weighted by Gasteiger charge is -2.07. The minimum Gasteiger partial charge on any atom is -0.507 e. The molecule has 7 heteroatoms. The zero-order chi connectivity index (χ0) is 15.9. The number of nitrogens with zero attached hydrogens (tertiary/aromatic N) is 1. The molecule has 0 fully saturated rings. The Morgan fingerprint density at radius 2 is 2.00 bits per heavy atom. The van der Waals surface area contributed by atoms with Crippen molar-refractivity contribution in [1.82, 2.24) is 5.43 Å². The second-order valence-electron chi connectivity index (χ2n) is 4.26. The van der Waals surface area contributed by atoms with Crippen molar-refractivity contribution in [2.24, 2.45) is 5.10 Å². The molecule has 2 rings (SSSR count). The molecule has 0 aliphatic rings. The van der Waals surface area contributed by atoms with Crippen LogP contribution in [0.15, 0.2) is 47.6 Å². The summed E-state index contributed by atoms with van der Waals surface area (Å²) in [7, 11) is 1.54. The van der Waals surface area contributed by atoms with Crippen molar-refractivity contribution in [3.05, 3.63) is 53.8 Å². The first kappa shape index (κ1) is 15.7. The third kappa shape index (κ3) is 4.42. The van der Waals surface area contributed by atoms with Gasteiger partial charge in [0, 0.05) is 11.3 Å². The largest absolute Gasteiger partial charge is 0.507 e. The van der Waals surface area contributed by atoms with E-state index in [1.54, 1.807) is 24.3 Å². The Labute approximate surface area is 132 Å². The van der Waals surface area contributed by atoms with Crippen molar-refractivity contribution in [2.75, 3.05) is 12.4 Å². The molecule has 0 saturated heterocycles. The molecule has 2 aromatic rings. The first-order chi connectivity index (χ1) is 10.6. The van der Waals surface area contributed by atoms with Crippen LogP contribution >= 0.6 is 12.2 Å². The van der Waals surface area contributed by atoms with Gasteiger partial charge in [0.1, 0.15) is 17.3 Å². The first-order valence-corrected chi connectivity index (χ1v) is 6.72. The maximum atomic E-state index is 12.8. The van der Waals surface area contributed by atoms with Gasteiger partial charge in [-0.3, -0.25) is 5.43 Å². The van der Waals surface area contributed by atoms with E-state index in [1.807, 2.05) is 0 Å². The van der Waals surface area contributed by atoms with Gasteiger partial charge in [0.2, 0.25) is 0 Å². The molecule has 0 aromatic heterocycles. The van der Waals surface area contributed by atoms with Crippen LogP contribution in [0.1, 0.15) is 5.56 Å². The minimum absolute atomic E-state index is 0.0729. The molecule has 3 N–H and O–H groups in total. The van der Waals surface area contributed by atoms with Gasteiger partial charge in [-0.15, -0.1) is 0 Å². The van der Waals surface area contributed by atoms with Crippen LogP contribution in [0.5, 0.6) is 11.5 Å². The van der Waals surface area contributed by atoms with E-state index in [0.717, 1.165) is 0 Å². The van der Waals surface area contributed by atoms with Gasteiger partial charge < -0.3 is 15.2 Å². The lowest BCUT2D eigenvalue weighted by atomic mass is 10.2. The van der Waals surface area contributed by atoms with Crippen LogP contribution in [0.2, 0.25) is 0 Å². The predicted molar refractivity (Wildman–Crippen MR) is 88.0 cm³/mol. The molecule has 0 bridgehead atoms. The normalized spacial score (nSPS) is 10.5. The highest BCUT2D eigenvalue weighted by molar-refractivity contribution is 7.80. The molecule has 22 heavy (non-hydrogen) atoms. The number of methoxy groups -OCH3 is 1. The molecule has 0 unspecified atom stereocenters. The highest BCUT2D eigenvalue weighted by atomic mass is 32.1. The second-order valence-corrected chi connectivity index (χ2v) is 4.66. The van der Waals surface area contributed by atoms with E-state index in [2.05, 4.69) is 15.8 Å². The number of phenols is 1. The second kappa shape index (κ2) is 7.37. The molecule has 0 atom stereocenters. The van der Waals surface area contributed by atoms with Gasteiger partial charge in [-0.2, -0.15) is 5.10 Å². The van der Waals surface area contributed by atoms with Crippen LogP contribution in [0.25, 0.3) is 0 Å². The van der Waals surface area contributed by atoms with Gasteiger partial charge >= 0.3 is 0 Å². The SMILES string of the molecule is COc1ccc(O)c(C=NNC(=S)Nc2ccc(F)cc2)c1. The number of thiocarbonyl (C=S) groups is 1. The van der Waals surface area contributed by atoms with E-state index >= 15 is 0 Å². The molecule has 5 nitrogen and oxygen atoms in total. The van der Waals surface area contributed by atoms with E-state index in [4.69, 9.17) is 17.0 Å². The number of nitrogens with one attached hydrogen (secondary N) is 2. The molecular weight excluding hydrogens is 305 g/mol. The number of benzene rings is 2. The van der Waals surface area contributed by atoms with Gasteiger partial charge in [0.15, 0.2) is 5.11 Å². The highest BCUT2D eigenvalue weighted by Gasteiger charge is 2.01. The van der Waals surface area contributed by atoms with Crippen molar-refractivity contribution in [2.45, 2.75) is 0 Å². The summed E-state index contributed by atoms with van der Waals surface area (Å²) in [6.07, 6.45) is 1.41. The number of anilines is 1. The number of hydrogen-bond acceptors (Lipinski definition) is 4. The minimum atomic E-state index is -0.323. The zero-order valence-electron chi connectivity index (χ0n) is 11.7. The standard InChI is InChI=1S/C15H14FN3O2S/c1-21-13-6-7-14(20)10(8-13)9-17-19-15(22)18-12-4-2-11(16)3-5-12/h2-9,20H,1H3,(H2,18,19,22). The number of phenolic OH excluding ortho intramolecular Hbond substituents is 1. The first-order valence-electron chi connectivity index (χ1n) is 6.31. The molecule has 0 radical (unpaired) electrons. The fraction of sp³-hybridized carbons (Fsp3) is 0.0667. The van der Waals surface area contributed by atoms with Gasteiger partial charge in [0.05, 0.1) is 13.3 Å². The average Bonchev–Trinajstić information content (AvgIpc) is 2.51. The fourth-order valence-corrected chi connectivity index (χ4v) is 1.79. The molecular formula is C15H14FN3O2S. The smallest absolute Gasteiger partial charge is 0.191 e. The van der Waals surface area contributed by atoms with Crippen molar-refractivity contribution >= 4 is 29.2 Å². The summed E-state index contributed by atoms with van der Waals surface area (Å²) in [5, 5.41) is 16.7. The lowest BCUT2D eigenvalue weighted by molar-refractivity contribution is 0.412. The van der Waals surface area contributed by atoms with Gasteiger partial charge in [0.25, 0.3) is 0 Å². The third-order valence-electron chi connectivity index (χ3n) is 2.71. The molecule has 114 valence electrons. The van der Waals surface area contributed by atoms with Gasteiger partial charge in [-0.1, -0.05) is 0 Å². The lowest BCUT2D eigenvalue weighted by Crippen LogP contribution is -2.23. The Morgan fingerprint density at radius 3 is 2.68 bits per heavy atom. The fourth-order valence-electron chi connectivity index (χ4n) is 1.62. The van der Waals surface area contributed by atoms with Crippen molar-refractivity contribution in [3.8, 4) is 11.5 Å². The highest BCUT2D eigenvalue weighted by Crippen LogP contribution is 2.20. The Morgan fingerprint density at radius 1 is 1.27 bits per heavy atom. The Balaban J connectivity index is 1.94. The number of rotatable bonds is 4. The monoisotopic (exact) mass is 319 g/mol. The molecule has 0 aliphatic carbocycles. The maximum absolute atomic E-state index is 12.8. The average molecular weight is 319 g/mol. The summed E-state index contributed by atoms with van der Waals surface area (Å²) in [4.78, 5) is 0. The summed E-state index contributed by atoms with van der Waals surface area (Å²) in [6, 6.07) is 10.5. The van der Waals surface area contributed by atoms with E-state index < -0.39 is 0 Å². The van der Waals surface area contributed by atoms with Crippen molar-refractivity contribution in [1.29, 1.82) is 0 Å². The molecule has 0 saturated carbocycles. The molecule has 0 aliphatic heterocycles. The summed E-state index contributed by atoms with van der Waals surface area (Å²) < 4.78 is 17.8. The van der Waals surface area contributed by atoms with E-state index in [9.17, 15) is 9.50 Å². The third-order valence-corrected chi connectivity index (χ3v) is 2.90. The number of halogens is 1. The van der Waals surface area contributed by atoms with Crippen LogP contribution in [-0.4, -0.2) is 23.5 Å². The number of hydrazone groups is 1. The predicted octanol–water partition coefficient (Wildman–Crippen LogP) is 2.86. The van der Waals surface area contributed by atoms with Gasteiger partial charge in [-0.05, 0) is 54.7 Å². The van der Waals surface area contributed by atoms with Gasteiger partial charge in [-0.25, -0.2) is 4.39 Å². The van der Waals surface area contributed by atoms with Crippen molar-refractivity contribution < 1.29 is 14.2 Å². The van der Waals surface area contributed by atoms with Crippen LogP contribution in [0.4, 0.5) is 10.1 Å². The molecule has 0 heterocycles. The number of hydrogen-bond donors (Lipinski definition) is 3. The molecule has 2 aromatic carbocycles. The number of ether oxygens (including phenoxy) is 1. The maximum Gasteiger partial charge on any atom is 0.191 e. The summed E-state index contributed by atoms with van der Waals surface area (Å²) >= 11 is 5.05. The van der Waals surface area contributed by atoms with E-state index in [-0.39, 0.29) is 16.7 Å². The van der Waals surface area contributed by atoms with Crippen LogP contribution < -0.4 is 15.5 Å². The Bertz CT molecular complexity index is 690. The van der Waals surface area contributed by atoms with Crippen LogP contribution in [0, 0.1) is 5.82 Å². The molecule has 0 amide bonds. The van der Waals surface area contributed by atoms with Crippen LogP contribution in [0.3, 0.4) is 0 Å². The zero-order valence-corrected chi connectivity index (χ0v) is 12.5. The van der Waals surface area contributed by atoms with E-state index in [1.165, 1.54) is 31.5 Å². The van der Waals surface area contributed by atoms with E-state index in [0.29, 0.717) is 17.0 Å². The summed E-state index contributed by atoms with van der Waals surface area (Å²) in [5.41, 5.74) is 3.72. The topological polar surface area (TPSA) is 65.9 Å². The quantitative estimate of drug-likeness (QED) is 0.459. The summed E-state index contributed by atoms with van der Waals surface area (Å²) in [5.74, 6) is 0.353. The Hall–Kier alpha value is -2.67. The Kier molecular flexibility index (Phi) is 5.26. The summed E-state index contributed by atoms with van der Waals surface area (Å²) in [6.45, 7) is 0. The molecule has 0 spiro atoms. The number of aromatic hydroxyl groups is 1. The van der Waals surface area contributed by atoms with Crippen LogP contribution in [-0.2, 0) is 0 Å². The van der Waals surface area contributed by atoms with Crippen molar-refractivity contribution in [3.63, 3.8) is 0 Å².